The monoisotopic (exact) mass is 298 g/mol. The van der Waals surface area contributed by atoms with Crippen molar-refractivity contribution in [1.29, 1.82) is 0 Å². The van der Waals surface area contributed by atoms with Crippen molar-refractivity contribution in [2.75, 3.05) is 0 Å². The molecular formula is C16H18N4O2. The van der Waals surface area contributed by atoms with Gasteiger partial charge in [0.25, 0.3) is 0 Å². The van der Waals surface area contributed by atoms with Gasteiger partial charge < -0.3 is 15.2 Å². The summed E-state index contributed by atoms with van der Waals surface area (Å²) in [5, 5.41) is 5.60. The Morgan fingerprint density at radius 3 is 2.86 bits per heavy atom. The van der Waals surface area contributed by atoms with Crippen LogP contribution in [0.1, 0.15) is 37.5 Å². The minimum atomic E-state index is -0.397. The number of nitrogens with one attached hydrogen (secondary N) is 2. The molecule has 1 aliphatic carbocycles. The van der Waals surface area contributed by atoms with E-state index in [-0.39, 0.29) is 11.8 Å². The van der Waals surface area contributed by atoms with Crippen molar-refractivity contribution in [1.82, 2.24) is 20.2 Å². The molecule has 1 aromatic carbocycles. The Labute approximate surface area is 127 Å². The van der Waals surface area contributed by atoms with E-state index in [0.29, 0.717) is 25.4 Å². The second-order valence-electron chi connectivity index (χ2n) is 5.99. The van der Waals surface area contributed by atoms with Crippen molar-refractivity contribution < 1.29 is 9.59 Å². The molecule has 1 unspecified atom stereocenters. The topological polar surface area (TPSA) is 76.0 Å². The van der Waals surface area contributed by atoms with Gasteiger partial charge in [-0.1, -0.05) is 12.1 Å². The van der Waals surface area contributed by atoms with Crippen LogP contribution in [0.5, 0.6) is 0 Å². The molecule has 0 bridgehead atoms. The fourth-order valence-electron chi connectivity index (χ4n) is 3.06. The zero-order valence-corrected chi connectivity index (χ0v) is 12.2. The first-order chi connectivity index (χ1) is 10.7. The number of para-hydroxylation sites is 2. The number of nitrogens with zero attached hydrogens (tertiary/aromatic N) is 2. The summed E-state index contributed by atoms with van der Waals surface area (Å²) in [7, 11) is 0. The van der Waals surface area contributed by atoms with Crippen molar-refractivity contribution in [2.24, 2.45) is 0 Å². The van der Waals surface area contributed by atoms with Crippen LogP contribution in [0, 0.1) is 0 Å². The van der Waals surface area contributed by atoms with E-state index in [4.69, 9.17) is 0 Å². The molecule has 1 saturated carbocycles. The number of carbonyl (C=O) groups excluding carboxylic acids is 2. The third-order valence-electron chi connectivity index (χ3n) is 4.31. The number of amides is 2. The molecule has 1 atom stereocenters. The molecule has 114 valence electrons. The van der Waals surface area contributed by atoms with Crippen LogP contribution in [0.15, 0.2) is 24.3 Å². The van der Waals surface area contributed by atoms with Gasteiger partial charge in [0.2, 0.25) is 11.8 Å². The Balaban J connectivity index is 1.53. The van der Waals surface area contributed by atoms with E-state index >= 15 is 0 Å². The second kappa shape index (κ2) is 5.12. The maximum Gasteiger partial charge on any atom is 0.242 e. The average molecular weight is 298 g/mol. The highest BCUT2D eigenvalue weighted by Crippen LogP contribution is 2.38. The quantitative estimate of drug-likeness (QED) is 0.892. The Hall–Kier alpha value is -2.37. The molecule has 1 saturated heterocycles. The van der Waals surface area contributed by atoms with Gasteiger partial charge in [0.1, 0.15) is 11.9 Å². The summed E-state index contributed by atoms with van der Waals surface area (Å²) < 4.78 is 2.24. The lowest BCUT2D eigenvalue weighted by Crippen LogP contribution is -2.41. The number of benzene rings is 1. The summed E-state index contributed by atoms with van der Waals surface area (Å²) in [6, 6.07) is 8.17. The highest BCUT2D eigenvalue weighted by atomic mass is 16.2. The summed E-state index contributed by atoms with van der Waals surface area (Å²) in [6.45, 7) is 0.399. The molecule has 0 radical (unpaired) electrons. The van der Waals surface area contributed by atoms with Gasteiger partial charge in [-0.05, 0) is 31.4 Å². The van der Waals surface area contributed by atoms with Crippen LogP contribution in [0.3, 0.4) is 0 Å². The number of hydrogen-bond acceptors (Lipinski definition) is 3. The first-order valence-corrected chi connectivity index (χ1v) is 7.75. The van der Waals surface area contributed by atoms with Crippen LogP contribution in [0.2, 0.25) is 0 Å². The molecule has 6 heteroatoms. The fraction of sp³-hybridized carbons (Fsp3) is 0.438. The summed E-state index contributed by atoms with van der Waals surface area (Å²) in [5.74, 6) is 0.715. The van der Waals surface area contributed by atoms with E-state index < -0.39 is 6.04 Å². The summed E-state index contributed by atoms with van der Waals surface area (Å²) in [5.41, 5.74) is 2.09. The van der Waals surface area contributed by atoms with E-state index in [1.807, 2.05) is 18.2 Å². The molecule has 22 heavy (non-hydrogen) atoms. The zero-order valence-electron chi connectivity index (χ0n) is 12.2. The van der Waals surface area contributed by atoms with E-state index in [1.54, 1.807) is 0 Å². The molecule has 2 aromatic rings. The van der Waals surface area contributed by atoms with Crippen LogP contribution < -0.4 is 10.6 Å². The van der Waals surface area contributed by atoms with Gasteiger partial charge in [-0.2, -0.15) is 0 Å². The third kappa shape index (κ3) is 2.34. The molecule has 4 rings (SSSR count). The molecule has 1 aliphatic heterocycles. The number of imidazole rings is 1. The zero-order chi connectivity index (χ0) is 15.1. The van der Waals surface area contributed by atoms with Crippen molar-refractivity contribution in [2.45, 2.75) is 44.3 Å². The van der Waals surface area contributed by atoms with E-state index in [0.717, 1.165) is 16.9 Å². The highest BCUT2D eigenvalue weighted by Gasteiger charge is 2.30. The Morgan fingerprint density at radius 1 is 1.32 bits per heavy atom. The standard InChI is InChI=1S/C16H18N4O2/c21-15-8-7-12(19-15)16(22)17-9-14-18-11-3-1-2-4-13(11)20(14)10-5-6-10/h1-4,10,12H,5-9H2,(H,17,22)(H,19,21). The largest absolute Gasteiger partial charge is 0.347 e. The van der Waals surface area contributed by atoms with Gasteiger partial charge in [0, 0.05) is 12.5 Å². The minimum Gasteiger partial charge on any atom is -0.347 e. The first kappa shape index (κ1) is 13.3. The Bertz CT molecular complexity index is 748. The molecule has 2 amide bonds. The molecule has 0 spiro atoms. The number of rotatable bonds is 4. The van der Waals surface area contributed by atoms with Crippen LogP contribution in [-0.4, -0.2) is 27.4 Å². The minimum absolute atomic E-state index is 0.0506. The lowest BCUT2D eigenvalue weighted by molar-refractivity contribution is -0.125. The summed E-state index contributed by atoms with van der Waals surface area (Å²) in [6.07, 6.45) is 3.34. The number of carbonyl (C=O) groups is 2. The molecule has 6 nitrogen and oxygen atoms in total. The van der Waals surface area contributed by atoms with Crippen molar-refractivity contribution in [3.8, 4) is 0 Å². The predicted octanol–water partition coefficient (Wildman–Crippen LogP) is 1.27. The van der Waals surface area contributed by atoms with Crippen LogP contribution in [0.25, 0.3) is 11.0 Å². The van der Waals surface area contributed by atoms with Gasteiger partial charge >= 0.3 is 0 Å². The van der Waals surface area contributed by atoms with Gasteiger partial charge in [-0.25, -0.2) is 4.98 Å². The smallest absolute Gasteiger partial charge is 0.242 e. The molecule has 2 aliphatic rings. The third-order valence-corrected chi connectivity index (χ3v) is 4.31. The SMILES string of the molecule is O=C1CCC(C(=O)NCc2nc3ccccc3n2C2CC2)N1. The van der Waals surface area contributed by atoms with Crippen LogP contribution in [0.4, 0.5) is 0 Å². The van der Waals surface area contributed by atoms with Crippen LogP contribution in [-0.2, 0) is 16.1 Å². The van der Waals surface area contributed by atoms with Gasteiger partial charge in [0.05, 0.1) is 17.6 Å². The Kier molecular flexibility index (Phi) is 3.10. The van der Waals surface area contributed by atoms with E-state index in [1.165, 1.54) is 12.8 Å². The maximum atomic E-state index is 12.1. The molecule has 2 fully saturated rings. The lowest BCUT2D eigenvalue weighted by atomic mass is 10.2. The van der Waals surface area contributed by atoms with Gasteiger partial charge in [0.15, 0.2) is 0 Å². The summed E-state index contributed by atoms with van der Waals surface area (Å²) in [4.78, 5) is 28.0. The molecule has 2 heterocycles. The second-order valence-corrected chi connectivity index (χ2v) is 5.99. The molecule has 2 N–H and O–H groups in total. The fourth-order valence-corrected chi connectivity index (χ4v) is 3.06. The normalized spacial score (nSPS) is 21.1. The van der Waals surface area contributed by atoms with Gasteiger partial charge in [-0.15, -0.1) is 0 Å². The van der Waals surface area contributed by atoms with Crippen molar-refractivity contribution >= 4 is 22.8 Å². The molecular weight excluding hydrogens is 280 g/mol. The van der Waals surface area contributed by atoms with Crippen molar-refractivity contribution in [3.05, 3.63) is 30.1 Å². The highest BCUT2D eigenvalue weighted by molar-refractivity contribution is 5.90. The van der Waals surface area contributed by atoms with Gasteiger partial charge in [-0.3, -0.25) is 9.59 Å². The van der Waals surface area contributed by atoms with E-state index in [2.05, 4.69) is 26.3 Å². The number of aromatic nitrogens is 2. The summed E-state index contributed by atoms with van der Waals surface area (Å²) >= 11 is 0. The van der Waals surface area contributed by atoms with Crippen LogP contribution >= 0.6 is 0 Å². The predicted molar refractivity (Wildman–Crippen MR) is 81.0 cm³/mol. The van der Waals surface area contributed by atoms with E-state index in [9.17, 15) is 9.59 Å². The lowest BCUT2D eigenvalue weighted by Gasteiger charge is -2.12. The number of hydrogen-bond donors (Lipinski definition) is 2. The average Bonchev–Trinajstić information content (AvgIpc) is 3.15. The number of fused-ring (bicyclic) bond motifs is 1. The Morgan fingerprint density at radius 2 is 2.14 bits per heavy atom. The molecule has 1 aromatic heterocycles. The van der Waals surface area contributed by atoms with Crippen molar-refractivity contribution in [3.63, 3.8) is 0 Å². The maximum absolute atomic E-state index is 12.1. The first-order valence-electron chi connectivity index (χ1n) is 7.75.